The van der Waals surface area contributed by atoms with Gasteiger partial charge in [0.1, 0.15) is 0 Å². The summed E-state index contributed by atoms with van der Waals surface area (Å²) in [6.45, 7) is 22.3. The molecule has 4 heteroatoms. The first kappa shape index (κ1) is 26.9. The molecule has 0 unspecified atom stereocenters. The lowest BCUT2D eigenvalue weighted by Crippen LogP contribution is -2.67. The summed E-state index contributed by atoms with van der Waals surface area (Å²) in [5.74, 6) is 0.0636. The molecule has 2 aromatic carbocycles. The van der Waals surface area contributed by atoms with Gasteiger partial charge in [0.15, 0.2) is 5.79 Å². The minimum atomic E-state index is -2.58. The molecule has 5 atom stereocenters. The van der Waals surface area contributed by atoms with E-state index in [2.05, 4.69) is 109 Å². The maximum Gasteiger partial charge on any atom is 0.261 e. The van der Waals surface area contributed by atoms with Crippen LogP contribution in [0.2, 0.25) is 5.04 Å². The fourth-order valence-electron chi connectivity index (χ4n) is 5.55. The molecule has 3 nitrogen and oxygen atoms in total. The Balaban J connectivity index is 1.96. The van der Waals surface area contributed by atoms with Crippen molar-refractivity contribution in [3.05, 3.63) is 73.3 Å². The minimum Gasteiger partial charge on any atom is -0.407 e. The number of hydrogen-bond acceptors (Lipinski definition) is 3. The molecule has 1 aliphatic heterocycles. The van der Waals surface area contributed by atoms with E-state index in [4.69, 9.17) is 13.9 Å². The van der Waals surface area contributed by atoms with Gasteiger partial charge in [0.25, 0.3) is 8.32 Å². The molecule has 3 rings (SSSR count). The fraction of sp³-hybridized carbons (Fsp3) is 0.533. The van der Waals surface area contributed by atoms with Crippen LogP contribution in [-0.4, -0.2) is 32.9 Å². The molecule has 0 radical (unpaired) electrons. The Kier molecular flexibility index (Phi) is 8.29. The Morgan fingerprint density at radius 2 is 1.41 bits per heavy atom. The van der Waals surface area contributed by atoms with Crippen molar-refractivity contribution in [3.8, 4) is 0 Å². The molecular weight excluding hydrogens is 436 g/mol. The maximum atomic E-state index is 7.22. The third-order valence-corrected chi connectivity index (χ3v) is 12.3. The summed E-state index contributed by atoms with van der Waals surface area (Å²) in [5, 5.41) is 2.57. The van der Waals surface area contributed by atoms with Gasteiger partial charge >= 0.3 is 0 Å². The van der Waals surface area contributed by atoms with Crippen LogP contribution >= 0.6 is 0 Å². The Hall–Kier alpha value is -1.72. The second kappa shape index (κ2) is 10.5. The second-order valence-electron chi connectivity index (χ2n) is 11.5. The van der Waals surface area contributed by atoms with Crippen LogP contribution in [-0.2, 0) is 13.9 Å². The van der Waals surface area contributed by atoms with Gasteiger partial charge in [-0.15, -0.1) is 6.58 Å². The molecule has 1 aliphatic rings. The molecule has 0 aliphatic carbocycles. The summed E-state index contributed by atoms with van der Waals surface area (Å²) in [7, 11) is -2.58. The zero-order valence-corrected chi connectivity index (χ0v) is 23.4. The Morgan fingerprint density at radius 1 is 0.941 bits per heavy atom. The van der Waals surface area contributed by atoms with Crippen molar-refractivity contribution < 1.29 is 13.9 Å². The van der Waals surface area contributed by atoms with Gasteiger partial charge in [-0.2, -0.15) is 0 Å². The van der Waals surface area contributed by atoms with Crippen molar-refractivity contribution in [1.82, 2.24) is 0 Å². The second-order valence-corrected chi connectivity index (χ2v) is 15.8. The number of benzene rings is 2. The molecule has 1 fully saturated rings. The Bertz CT molecular complexity index is 880. The Morgan fingerprint density at radius 3 is 1.85 bits per heavy atom. The van der Waals surface area contributed by atoms with Gasteiger partial charge in [0.05, 0.1) is 12.2 Å². The largest absolute Gasteiger partial charge is 0.407 e. The van der Waals surface area contributed by atoms with E-state index in [0.29, 0.717) is 6.61 Å². The van der Waals surface area contributed by atoms with Gasteiger partial charge in [-0.25, -0.2) is 0 Å². The highest BCUT2D eigenvalue weighted by atomic mass is 28.4. The van der Waals surface area contributed by atoms with Crippen molar-refractivity contribution in [2.45, 2.75) is 78.4 Å². The highest BCUT2D eigenvalue weighted by molar-refractivity contribution is 6.99. The monoisotopic (exact) mass is 480 g/mol. The molecule has 0 spiro atoms. The summed E-state index contributed by atoms with van der Waals surface area (Å²) < 4.78 is 20.1. The lowest BCUT2D eigenvalue weighted by Gasteiger charge is -2.49. The molecule has 0 N–H and O–H groups in total. The van der Waals surface area contributed by atoms with Gasteiger partial charge in [-0.1, -0.05) is 108 Å². The van der Waals surface area contributed by atoms with E-state index in [0.717, 1.165) is 0 Å². The smallest absolute Gasteiger partial charge is 0.261 e. The van der Waals surface area contributed by atoms with Crippen molar-refractivity contribution in [3.63, 3.8) is 0 Å². The SMILES string of the molecule is C=C[C@H](C)[C@@H]1OC(C)(C)O[C@H]([C@H](C)CO[Si](c2ccccc2)(c2ccccc2)C(C)(C)C)[C@H]1C. The molecule has 1 saturated heterocycles. The lowest BCUT2D eigenvalue weighted by atomic mass is 9.82. The van der Waals surface area contributed by atoms with Crippen LogP contribution in [0.5, 0.6) is 0 Å². The van der Waals surface area contributed by atoms with Crippen LogP contribution in [0, 0.1) is 17.8 Å². The zero-order chi connectivity index (χ0) is 25.1. The summed E-state index contributed by atoms with van der Waals surface area (Å²) in [4.78, 5) is 0. The number of hydrogen-bond donors (Lipinski definition) is 0. The van der Waals surface area contributed by atoms with E-state index in [-0.39, 0.29) is 35.0 Å². The number of ether oxygens (including phenoxy) is 2. The topological polar surface area (TPSA) is 27.7 Å². The van der Waals surface area contributed by atoms with E-state index in [1.165, 1.54) is 10.4 Å². The van der Waals surface area contributed by atoms with Crippen LogP contribution in [0.1, 0.15) is 55.4 Å². The quantitative estimate of drug-likeness (QED) is 0.334. The first-order chi connectivity index (χ1) is 15.9. The van der Waals surface area contributed by atoms with Crippen LogP contribution in [0.3, 0.4) is 0 Å². The minimum absolute atomic E-state index is 0.0364. The maximum absolute atomic E-state index is 7.22. The van der Waals surface area contributed by atoms with Crippen LogP contribution in [0.4, 0.5) is 0 Å². The van der Waals surface area contributed by atoms with Gasteiger partial charge in [-0.05, 0) is 29.3 Å². The van der Waals surface area contributed by atoms with Crippen molar-refractivity contribution in [2.75, 3.05) is 6.61 Å². The Labute approximate surface area is 208 Å². The van der Waals surface area contributed by atoms with Crippen LogP contribution < -0.4 is 10.4 Å². The van der Waals surface area contributed by atoms with Crippen molar-refractivity contribution >= 4 is 18.7 Å². The third kappa shape index (κ3) is 5.41. The van der Waals surface area contributed by atoms with Crippen molar-refractivity contribution in [2.24, 2.45) is 17.8 Å². The standard InChI is InChI=1S/C30H44O3Si/c1-10-22(2)27-24(4)28(33-30(8,9)32-27)23(3)21-31-34(29(5,6)7,25-17-13-11-14-18-25)26-19-15-12-16-20-26/h10-20,22-24,27-28H,1,21H2,2-9H3/t22-,23+,24-,27-,28+/m0/s1. The molecule has 34 heavy (non-hydrogen) atoms. The summed E-state index contributed by atoms with van der Waals surface area (Å²) in [6.07, 6.45) is 2.10. The highest BCUT2D eigenvalue weighted by Gasteiger charge is 2.51. The highest BCUT2D eigenvalue weighted by Crippen LogP contribution is 2.40. The predicted molar refractivity (Wildman–Crippen MR) is 145 cm³/mol. The molecule has 0 bridgehead atoms. The van der Waals surface area contributed by atoms with Crippen LogP contribution in [0.15, 0.2) is 73.3 Å². The van der Waals surface area contributed by atoms with Crippen LogP contribution in [0.25, 0.3) is 0 Å². The number of rotatable bonds is 8. The predicted octanol–water partition coefficient (Wildman–Crippen LogP) is 6.18. The molecular formula is C30H44O3Si. The van der Waals surface area contributed by atoms with Gasteiger partial charge < -0.3 is 13.9 Å². The molecule has 186 valence electrons. The van der Waals surface area contributed by atoms with Gasteiger partial charge in [-0.3, -0.25) is 0 Å². The summed E-state index contributed by atoms with van der Waals surface area (Å²) >= 11 is 0. The lowest BCUT2D eigenvalue weighted by molar-refractivity contribution is -0.332. The average Bonchev–Trinajstić information content (AvgIpc) is 2.80. The van der Waals surface area contributed by atoms with E-state index >= 15 is 0 Å². The normalized spacial score (nSPS) is 24.9. The summed E-state index contributed by atoms with van der Waals surface area (Å²) in [6, 6.07) is 21.7. The molecule has 0 aromatic heterocycles. The van der Waals surface area contributed by atoms with Crippen molar-refractivity contribution in [1.29, 1.82) is 0 Å². The molecule has 0 saturated carbocycles. The first-order valence-corrected chi connectivity index (χ1v) is 14.6. The average molecular weight is 481 g/mol. The zero-order valence-electron chi connectivity index (χ0n) is 22.4. The van der Waals surface area contributed by atoms with Gasteiger partial charge in [0, 0.05) is 24.4 Å². The fourth-order valence-corrected chi connectivity index (χ4v) is 10.2. The van der Waals surface area contributed by atoms with E-state index in [1.807, 2.05) is 19.9 Å². The van der Waals surface area contributed by atoms with E-state index in [1.54, 1.807) is 0 Å². The van der Waals surface area contributed by atoms with E-state index in [9.17, 15) is 0 Å². The van der Waals surface area contributed by atoms with E-state index < -0.39 is 14.1 Å². The third-order valence-electron chi connectivity index (χ3n) is 7.31. The molecule has 2 aromatic rings. The summed E-state index contributed by atoms with van der Waals surface area (Å²) in [5.41, 5.74) is 0. The first-order valence-electron chi connectivity index (χ1n) is 12.7. The van der Waals surface area contributed by atoms with Gasteiger partial charge in [0.2, 0.25) is 0 Å². The molecule has 1 heterocycles. The molecule has 0 amide bonds.